The molecule has 1 atom stereocenters. The monoisotopic (exact) mass is 274 g/mol. The summed E-state index contributed by atoms with van der Waals surface area (Å²) in [6.07, 6.45) is 5.45. The molecule has 0 fully saturated rings. The minimum Gasteiger partial charge on any atom is -0.464 e. The van der Waals surface area contributed by atoms with Crippen LogP contribution in [0.1, 0.15) is 17.2 Å². The van der Waals surface area contributed by atoms with Gasteiger partial charge in [-0.2, -0.15) is 0 Å². The van der Waals surface area contributed by atoms with Crippen LogP contribution in [-0.2, 0) is 0 Å². The topological polar surface area (TPSA) is 52.0 Å². The summed E-state index contributed by atoms with van der Waals surface area (Å²) in [7, 11) is 0. The van der Waals surface area contributed by atoms with Crippen LogP contribution in [0.4, 0.5) is 0 Å². The van der Waals surface area contributed by atoms with Crippen molar-refractivity contribution in [2.24, 2.45) is 5.73 Å². The van der Waals surface area contributed by atoms with Crippen LogP contribution >= 0.6 is 0 Å². The summed E-state index contributed by atoms with van der Waals surface area (Å²) in [5, 5.41) is 3.28. The number of nitrogens with two attached hydrogens (primary N) is 1. The maximum absolute atomic E-state index is 6.49. The van der Waals surface area contributed by atoms with Crippen LogP contribution in [0.15, 0.2) is 71.6 Å². The van der Waals surface area contributed by atoms with Crippen molar-refractivity contribution >= 4 is 21.7 Å². The Morgan fingerprint density at radius 1 is 0.857 bits per heavy atom. The fourth-order valence-electron chi connectivity index (χ4n) is 2.79. The van der Waals surface area contributed by atoms with Gasteiger partial charge in [-0.25, -0.2) is 0 Å². The molecule has 0 saturated carbocycles. The van der Waals surface area contributed by atoms with Gasteiger partial charge in [0.25, 0.3) is 0 Å². The van der Waals surface area contributed by atoms with Gasteiger partial charge in [-0.1, -0.05) is 42.5 Å². The quantitative estimate of drug-likeness (QED) is 0.600. The number of furan rings is 1. The standard InChI is InChI=1S/C18H14N2O/c19-18(16-11-21-17-8-4-3-7-14(16)17)15-10-20-9-12-5-1-2-6-13(12)15/h1-11,18H,19H2. The molecule has 0 aliphatic heterocycles. The third kappa shape index (κ3) is 1.90. The molecule has 2 heterocycles. The van der Waals surface area contributed by atoms with E-state index in [0.717, 1.165) is 32.9 Å². The number of aromatic nitrogens is 1. The third-order valence-corrected chi connectivity index (χ3v) is 3.88. The molecule has 4 rings (SSSR count). The Bertz CT molecular complexity index is 921. The Morgan fingerprint density at radius 2 is 1.62 bits per heavy atom. The van der Waals surface area contributed by atoms with Crippen molar-refractivity contribution in [3.63, 3.8) is 0 Å². The molecule has 3 nitrogen and oxygen atoms in total. The van der Waals surface area contributed by atoms with Crippen LogP contribution in [0.2, 0.25) is 0 Å². The number of para-hydroxylation sites is 1. The fourth-order valence-corrected chi connectivity index (χ4v) is 2.79. The summed E-state index contributed by atoms with van der Waals surface area (Å²) >= 11 is 0. The second-order valence-electron chi connectivity index (χ2n) is 5.11. The zero-order valence-corrected chi connectivity index (χ0v) is 11.4. The number of pyridine rings is 1. The van der Waals surface area contributed by atoms with E-state index in [1.807, 2.05) is 54.9 Å². The SMILES string of the molecule is NC(c1cncc2ccccc12)c1coc2ccccc12. The van der Waals surface area contributed by atoms with E-state index in [0.29, 0.717) is 0 Å². The van der Waals surface area contributed by atoms with E-state index in [2.05, 4.69) is 11.1 Å². The van der Waals surface area contributed by atoms with Crippen molar-refractivity contribution in [1.82, 2.24) is 4.98 Å². The highest BCUT2D eigenvalue weighted by Gasteiger charge is 2.17. The highest BCUT2D eigenvalue weighted by molar-refractivity contribution is 5.87. The van der Waals surface area contributed by atoms with Gasteiger partial charge in [-0.15, -0.1) is 0 Å². The van der Waals surface area contributed by atoms with Crippen LogP contribution in [0.25, 0.3) is 21.7 Å². The number of benzene rings is 2. The molecule has 2 N–H and O–H groups in total. The maximum Gasteiger partial charge on any atom is 0.134 e. The molecule has 21 heavy (non-hydrogen) atoms. The summed E-state index contributed by atoms with van der Waals surface area (Å²) in [5.74, 6) is 0. The lowest BCUT2D eigenvalue weighted by molar-refractivity contribution is 0.607. The van der Waals surface area contributed by atoms with Gasteiger partial charge in [-0.3, -0.25) is 4.98 Å². The van der Waals surface area contributed by atoms with E-state index in [1.54, 1.807) is 6.26 Å². The molecule has 1 unspecified atom stereocenters. The van der Waals surface area contributed by atoms with Crippen molar-refractivity contribution in [2.75, 3.05) is 0 Å². The Morgan fingerprint density at radius 3 is 2.52 bits per heavy atom. The highest BCUT2D eigenvalue weighted by atomic mass is 16.3. The van der Waals surface area contributed by atoms with E-state index >= 15 is 0 Å². The summed E-state index contributed by atoms with van der Waals surface area (Å²) in [5.41, 5.74) is 9.35. The zero-order chi connectivity index (χ0) is 14.2. The van der Waals surface area contributed by atoms with Gasteiger partial charge < -0.3 is 10.2 Å². The van der Waals surface area contributed by atoms with Gasteiger partial charge in [0, 0.05) is 28.7 Å². The molecule has 2 aromatic heterocycles. The van der Waals surface area contributed by atoms with E-state index in [-0.39, 0.29) is 6.04 Å². The number of hydrogen-bond donors (Lipinski definition) is 1. The van der Waals surface area contributed by atoms with Gasteiger partial charge in [0.15, 0.2) is 0 Å². The molecule has 0 radical (unpaired) electrons. The van der Waals surface area contributed by atoms with Crippen LogP contribution in [-0.4, -0.2) is 4.98 Å². The fraction of sp³-hybridized carbons (Fsp3) is 0.0556. The van der Waals surface area contributed by atoms with Crippen molar-refractivity contribution in [3.8, 4) is 0 Å². The molecule has 2 aromatic carbocycles. The molecule has 0 bridgehead atoms. The molecule has 0 spiro atoms. The minimum atomic E-state index is -0.257. The van der Waals surface area contributed by atoms with Gasteiger partial charge >= 0.3 is 0 Å². The molecule has 3 heteroatoms. The second-order valence-corrected chi connectivity index (χ2v) is 5.11. The second kappa shape index (κ2) is 4.72. The minimum absolute atomic E-state index is 0.257. The van der Waals surface area contributed by atoms with Crippen LogP contribution in [0.5, 0.6) is 0 Å². The summed E-state index contributed by atoms with van der Waals surface area (Å²) in [6.45, 7) is 0. The molecule has 0 amide bonds. The van der Waals surface area contributed by atoms with Crippen LogP contribution in [0, 0.1) is 0 Å². The number of nitrogens with zero attached hydrogens (tertiary/aromatic N) is 1. The molecular formula is C18H14N2O. The first kappa shape index (κ1) is 12.1. The molecule has 0 aliphatic carbocycles. The molecular weight excluding hydrogens is 260 g/mol. The predicted octanol–water partition coefficient (Wildman–Crippen LogP) is 4.03. The normalized spacial score (nSPS) is 12.8. The Balaban J connectivity index is 1.92. The van der Waals surface area contributed by atoms with Crippen LogP contribution < -0.4 is 5.73 Å². The lowest BCUT2D eigenvalue weighted by Gasteiger charge is -2.13. The third-order valence-electron chi connectivity index (χ3n) is 3.88. The number of rotatable bonds is 2. The first-order valence-electron chi connectivity index (χ1n) is 6.89. The smallest absolute Gasteiger partial charge is 0.134 e. The average Bonchev–Trinajstić information content (AvgIpc) is 2.98. The number of hydrogen-bond acceptors (Lipinski definition) is 3. The lowest BCUT2D eigenvalue weighted by Crippen LogP contribution is -2.12. The van der Waals surface area contributed by atoms with Gasteiger partial charge in [0.1, 0.15) is 5.58 Å². The average molecular weight is 274 g/mol. The molecule has 4 aromatic rings. The highest BCUT2D eigenvalue weighted by Crippen LogP contribution is 2.31. The Labute approximate surface area is 122 Å². The molecule has 0 saturated heterocycles. The van der Waals surface area contributed by atoms with Crippen molar-refractivity contribution in [3.05, 3.63) is 78.3 Å². The van der Waals surface area contributed by atoms with E-state index in [9.17, 15) is 0 Å². The Hall–Kier alpha value is -2.65. The molecule has 102 valence electrons. The van der Waals surface area contributed by atoms with Gasteiger partial charge in [0.05, 0.1) is 12.3 Å². The van der Waals surface area contributed by atoms with Crippen molar-refractivity contribution in [2.45, 2.75) is 6.04 Å². The molecule has 0 aliphatic rings. The summed E-state index contributed by atoms with van der Waals surface area (Å²) < 4.78 is 5.60. The van der Waals surface area contributed by atoms with Crippen molar-refractivity contribution in [1.29, 1.82) is 0 Å². The van der Waals surface area contributed by atoms with Gasteiger partial charge in [0.2, 0.25) is 0 Å². The van der Waals surface area contributed by atoms with Crippen LogP contribution in [0.3, 0.4) is 0 Å². The van der Waals surface area contributed by atoms with E-state index in [1.165, 1.54) is 0 Å². The lowest BCUT2D eigenvalue weighted by atomic mass is 9.96. The van der Waals surface area contributed by atoms with E-state index < -0.39 is 0 Å². The van der Waals surface area contributed by atoms with Crippen molar-refractivity contribution < 1.29 is 4.42 Å². The van der Waals surface area contributed by atoms with Gasteiger partial charge in [-0.05, 0) is 17.0 Å². The predicted molar refractivity (Wildman–Crippen MR) is 84.0 cm³/mol. The first-order valence-corrected chi connectivity index (χ1v) is 6.89. The number of fused-ring (bicyclic) bond motifs is 2. The summed E-state index contributed by atoms with van der Waals surface area (Å²) in [6, 6.07) is 15.8. The Kier molecular flexibility index (Phi) is 2.72. The summed E-state index contributed by atoms with van der Waals surface area (Å²) in [4.78, 5) is 4.31. The van der Waals surface area contributed by atoms with E-state index in [4.69, 9.17) is 10.2 Å². The largest absolute Gasteiger partial charge is 0.464 e. The maximum atomic E-state index is 6.49. The first-order chi connectivity index (χ1) is 10.3. The zero-order valence-electron chi connectivity index (χ0n) is 11.4.